The van der Waals surface area contributed by atoms with Gasteiger partial charge in [-0.3, -0.25) is 9.89 Å². The fourth-order valence-corrected chi connectivity index (χ4v) is 2.65. The van der Waals surface area contributed by atoms with Crippen molar-refractivity contribution in [1.82, 2.24) is 15.5 Å². The van der Waals surface area contributed by atoms with Gasteiger partial charge in [-0.2, -0.15) is 16.9 Å². The zero-order valence-corrected chi connectivity index (χ0v) is 13.2. The number of rotatable bonds is 6. The van der Waals surface area contributed by atoms with Gasteiger partial charge in [-0.05, 0) is 43.5 Å². The number of aliphatic hydroxyl groups excluding tert-OH is 1. The molecule has 2 rings (SSSR count). The van der Waals surface area contributed by atoms with E-state index in [-0.39, 0.29) is 29.6 Å². The summed E-state index contributed by atoms with van der Waals surface area (Å²) in [5.41, 5.74) is 1.62. The Bertz CT molecular complexity index is 626. The average Bonchev–Trinajstić information content (AvgIpc) is 2.99. The third-order valence-electron chi connectivity index (χ3n) is 3.36. The molecular formula is C15H18FN3O2S. The van der Waals surface area contributed by atoms with Crippen LogP contribution < -0.4 is 5.32 Å². The van der Waals surface area contributed by atoms with Gasteiger partial charge in [0.05, 0.1) is 12.3 Å². The maximum atomic E-state index is 12.9. The van der Waals surface area contributed by atoms with Gasteiger partial charge in [0.25, 0.3) is 5.91 Å². The van der Waals surface area contributed by atoms with Gasteiger partial charge in [0.15, 0.2) is 0 Å². The van der Waals surface area contributed by atoms with Crippen molar-refractivity contribution in [2.75, 3.05) is 12.9 Å². The lowest BCUT2D eigenvalue weighted by atomic mass is 10.1. The van der Waals surface area contributed by atoms with Crippen LogP contribution in [0.1, 0.15) is 17.4 Å². The molecule has 1 heterocycles. The fourth-order valence-electron chi connectivity index (χ4n) is 2.02. The number of carbonyl (C=O) groups excluding carboxylic acids is 1. The number of aromatic amines is 1. The van der Waals surface area contributed by atoms with Gasteiger partial charge in [0, 0.05) is 16.9 Å². The number of benzene rings is 1. The number of hydrogen-bond donors (Lipinski definition) is 3. The normalized spacial score (nSPS) is 13.6. The molecule has 2 aromatic rings. The number of thioether (sulfide) groups is 1. The van der Waals surface area contributed by atoms with Crippen molar-refractivity contribution in [2.24, 2.45) is 0 Å². The number of halogens is 1. The van der Waals surface area contributed by atoms with Crippen LogP contribution in [0.3, 0.4) is 0 Å². The lowest BCUT2D eigenvalue weighted by Crippen LogP contribution is -2.41. The lowest BCUT2D eigenvalue weighted by molar-refractivity contribution is 0.0931. The lowest BCUT2D eigenvalue weighted by Gasteiger charge is -2.20. The molecule has 5 nitrogen and oxygen atoms in total. The van der Waals surface area contributed by atoms with E-state index >= 15 is 0 Å². The number of nitrogens with zero attached hydrogens (tertiary/aromatic N) is 1. The maximum absolute atomic E-state index is 12.9. The third-order valence-corrected chi connectivity index (χ3v) is 4.52. The van der Waals surface area contributed by atoms with Crippen molar-refractivity contribution in [3.63, 3.8) is 0 Å². The van der Waals surface area contributed by atoms with Crippen molar-refractivity contribution in [1.29, 1.82) is 0 Å². The predicted octanol–water partition coefficient (Wildman–Crippen LogP) is 2.06. The second kappa shape index (κ2) is 7.42. The Morgan fingerprint density at radius 1 is 1.45 bits per heavy atom. The summed E-state index contributed by atoms with van der Waals surface area (Å²) in [5, 5.41) is 18.7. The zero-order valence-electron chi connectivity index (χ0n) is 12.3. The number of H-pyrrole nitrogens is 1. The van der Waals surface area contributed by atoms with E-state index in [2.05, 4.69) is 15.5 Å². The summed E-state index contributed by atoms with van der Waals surface area (Å²) in [4.78, 5) is 12.2. The second-order valence-corrected chi connectivity index (χ2v) is 5.97. The van der Waals surface area contributed by atoms with Gasteiger partial charge < -0.3 is 10.4 Å². The van der Waals surface area contributed by atoms with Crippen LogP contribution in [0.5, 0.6) is 0 Å². The zero-order chi connectivity index (χ0) is 16.1. The van der Waals surface area contributed by atoms with Crippen LogP contribution in [0.15, 0.2) is 30.3 Å². The summed E-state index contributed by atoms with van der Waals surface area (Å²) >= 11 is 1.49. The number of aliphatic hydroxyl groups is 1. The van der Waals surface area contributed by atoms with Crippen LogP contribution in [0.25, 0.3) is 11.3 Å². The molecule has 0 saturated carbocycles. The van der Waals surface area contributed by atoms with Gasteiger partial charge >= 0.3 is 0 Å². The van der Waals surface area contributed by atoms with Crippen molar-refractivity contribution < 1.29 is 14.3 Å². The molecule has 0 aliphatic heterocycles. The molecule has 0 radical (unpaired) electrons. The Labute approximate surface area is 132 Å². The van der Waals surface area contributed by atoms with E-state index in [4.69, 9.17) is 0 Å². The minimum atomic E-state index is -0.321. The van der Waals surface area contributed by atoms with Crippen LogP contribution in [0.2, 0.25) is 0 Å². The largest absolute Gasteiger partial charge is 0.395 e. The van der Waals surface area contributed by atoms with E-state index in [0.717, 1.165) is 5.56 Å². The highest BCUT2D eigenvalue weighted by Gasteiger charge is 2.19. The number of amides is 1. The summed E-state index contributed by atoms with van der Waals surface area (Å²) < 4.78 is 12.9. The molecule has 22 heavy (non-hydrogen) atoms. The molecule has 3 N–H and O–H groups in total. The van der Waals surface area contributed by atoms with E-state index < -0.39 is 0 Å². The Morgan fingerprint density at radius 2 is 2.14 bits per heavy atom. The quantitative estimate of drug-likeness (QED) is 0.760. The Balaban J connectivity index is 2.07. The van der Waals surface area contributed by atoms with E-state index in [0.29, 0.717) is 11.4 Å². The summed E-state index contributed by atoms with van der Waals surface area (Å²) in [7, 11) is 0. The highest BCUT2D eigenvalue weighted by atomic mass is 32.2. The predicted molar refractivity (Wildman–Crippen MR) is 85.3 cm³/mol. The van der Waals surface area contributed by atoms with Crippen molar-refractivity contribution >= 4 is 17.7 Å². The van der Waals surface area contributed by atoms with Gasteiger partial charge in [-0.1, -0.05) is 0 Å². The van der Waals surface area contributed by atoms with Crippen molar-refractivity contribution in [3.8, 4) is 11.3 Å². The van der Waals surface area contributed by atoms with Crippen LogP contribution in [0, 0.1) is 5.82 Å². The number of hydrogen-bond acceptors (Lipinski definition) is 4. The minimum Gasteiger partial charge on any atom is -0.395 e. The molecule has 0 spiro atoms. The molecule has 2 unspecified atom stereocenters. The second-order valence-electron chi connectivity index (χ2n) is 4.89. The van der Waals surface area contributed by atoms with Gasteiger partial charge in [-0.25, -0.2) is 4.39 Å². The highest BCUT2D eigenvalue weighted by Crippen LogP contribution is 2.18. The Kier molecular flexibility index (Phi) is 5.57. The molecule has 0 saturated heterocycles. The first kappa shape index (κ1) is 16.5. The van der Waals surface area contributed by atoms with Crippen LogP contribution in [-0.4, -0.2) is 45.4 Å². The Morgan fingerprint density at radius 3 is 2.73 bits per heavy atom. The molecule has 0 aliphatic carbocycles. The summed E-state index contributed by atoms with van der Waals surface area (Å²) in [6, 6.07) is 7.33. The van der Waals surface area contributed by atoms with Crippen molar-refractivity contribution in [2.45, 2.75) is 18.2 Å². The van der Waals surface area contributed by atoms with Crippen LogP contribution in [-0.2, 0) is 0 Å². The minimum absolute atomic E-state index is 0.00752. The molecule has 0 fully saturated rings. The molecule has 0 bridgehead atoms. The molecular weight excluding hydrogens is 305 g/mol. The molecule has 1 amide bonds. The molecule has 2 atom stereocenters. The monoisotopic (exact) mass is 323 g/mol. The van der Waals surface area contributed by atoms with Gasteiger partial charge in [0.1, 0.15) is 11.5 Å². The number of carbonyl (C=O) groups is 1. The van der Waals surface area contributed by atoms with Crippen molar-refractivity contribution in [3.05, 3.63) is 41.8 Å². The Hall–Kier alpha value is -1.86. The molecule has 1 aromatic heterocycles. The topological polar surface area (TPSA) is 78.0 Å². The standard InChI is InChI=1S/C15H18FN3O2S/c1-9(14(8-20)22-2)17-15(21)13-7-12(18-19-13)10-3-5-11(16)6-4-10/h3-7,9,14,20H,8H2,1-2H3,(H,17,21)(H,18,19). The summed E-state index contributed by atoms with van der Waals surface area (Å²) in [5.74, 6) is -0.612. The smallest absolute Gasteiger partial charge is 0.269 e. The van der Waals surface area contributed by atoms with E-state index in [9.17, 15) is 14.3 Å². The number of aromatic nitrogens is 2. The molecule has 1 aromatic carbocycles. The van der Waals surface area contributed by atoms with Gasteiger partial charge in [-0.15, -0.1) is 0 Å². The fraction of sp³-hybridized carbons (Fsp3) is 0.333. The average molecular weight is 323 g/mol. The van der Waals surface area contributed by atoms with Gasteiger partial charge in [0.2, 0.25) is 0 Å². The van der Waals surface area contributed by atoms with E-state index in [1.54, 1.807) is 18.2 Å². The first-order valence-corrected chi connectivity index (χ1v) is 8.09. The van der Waals surface area contributed by atoms with E-state index in [1.807, 2.05) is 13.2 Å². The van der Waals surface area contributed by atoms with E-state index in [1.165, 1.54) is 23.9 Å². The number of nitrogens with one attached hydrogen (secondary N) is 2. The summed E-state index contributed by atoms with van der Waals surface area (Å²) in [6.07, 6.45) is 1.88. The summed E-state index contributed by atoms with van der Waals surface area (Å²) in [6.45, 7) is 1.83. The van der Waals surface area contributed by atoms with Crippen LogP contribution in [0.4, 0.5) is 4.39 Å². The highest BCUT2D eigenvalue weighted by molar-refractivity contribution is 7.99. The maximum Gasteiger partial charge on any atom is 0.269 e. The first-order chi connectivity index (χ1) is 10.5. The molecule has 0 aliphatic rings. The van der Waals surface area contributed by atoms with Crippen LogP contribution >= 0.6 is 11.8 Å². The molecule has 118 valence electrons. The third kappa shape index (κ3) is 3.86. The first-order valence-electron chi connectivity index (χ1n) is 6.81. The SMILES string of the molecule is CSC(CO)C(C)NC(=O)c1cc(-c2ccc(F)cc2)n[nH]1. The molecule has 7 heteroatoms.